The number of aromatic nitrogens is 1. The number of rotatable bonds is 5. The SMILES string of the molecule is Nc1cc(Br)cnc1NCCCC(=O)O. The van der Waals surface area contributed by atoms with Crippen molar-refractivity contribution in [1.82, 2.24) is 4.98 Å². The van der Waals surface area contributed by atoms with Crippen LogP contribution >= 0.6 is 15.9 Å². The summed E-state index contributed by atoms with van der Waals surface area (Å²) in [6.45, 7) is 0.547. The van der Waals surface area contributed by atoms with Crippen LogP contribution < -0.4 is 11.1 Å². The highest BCUT2D eigenvalue weighted by molar-refractivity contribution is 9.10. The van der Waals surface area contributed by atoms with Crippen LogP contribution in [0.25, 0.3) is 0 Å². The standard InChI is InChI=1S/C9H12BrN3O2/c10-6-4-7(11)9(13-5-6)12-3-1-2-8(14)15/h4-5H,1-3,11H2,(H,12,13)(H,14,15). The van der Waals surface area contributed by atoms with Crippen LogP contribution in [0.15, 0.2) is 16.7 Å². The van der Waals surface area contributed by atoms with E-state index in [0.29, 0.717) is 24.5 Å². The van der Waals surface area contributed by atoms with Gasteiger partial charge in [0, 0.05) is 23.6 Å². The van der Waals surface area contributed by atoms with Crippen molar-refractivity contribution in [2.75, 3.05) is 17.6 Å². The number of anilines is 2. The van der Waals surface area contributed by atoms with Crippen LogP contribution in [0, 0.1) is 0 Å². The van der Waals surface area contributed by atoms with Crippen LogP contribution in [0.1, 0.15) is 12.8 Å². The number of nitrogen functional groups attached to an aromatic ring is 1. The second-order valence-electron chi connectivity index (χ2n) is 3.02. The topological polar surface area (TPSA) is 88.2 Å². The molecular formula is C9H12BrN3O2. The van der Waals surface area contributed by atoms with E-state index in [9.17, 15) is 4.79 Å². The van der Waals surface area contributed by atoms with Crippen LogP contribution in [0.4, 0.5) is 11.5 Å². The van der Waals surface area contributed by atoms with Gasteiger partial charge in [-0.2, -0.15) is 0 Å². The first-order chi connectivity index (χ1) is 7.09. The summed E-state index contributed by atoms with van der Waals surface area (Å²) in [6.07, 6.45) is 2.33. The van der Waals surface area contributed by atoms with Gasteiger partial charge in [0.15, 0.2) is 0 Å². The maximum Gasteiger partial charge on any atom is 0.303 e. The van der Waals surface area contributed by atoms with E-state index in [1.54, 1.807) is 12.3 Å². The van der Waals surface area contributed by atoms with Gasteiger partial charge in [0.2, 0.25) is 0 Å². The Labute approximate surface area is 95.8 Å². The van der Waals surface area contributed by atoms with Gasteiger partial charge < -0.3 is 16.2 Å². The molecule has 0 radical (unpaired) electrons. The number of carboxylic acid groups (broad SMARTS) is 1. The van der Waals surface area contributed by atoms with Crippen LogP contribution in [0.5, 0.6) is 0 Å². The largest absolute Gasteiger partial charge is 0.481 e. The molecule has 82 valence electrons. The molecule has 0 aromatic carbocycles. The number of carbonyl (C=O) groups is 1. The lowest BCUT2D eigenvalue weighted by Crippen LogP contribution is -2.07. The monoisotopic (exact) mass is 273 g/mol. The lowest BCUT2D eigenvalue weighted by atomic mass is 10.3. The molecule has 1 aromatic heterocycles. The summed E-state index contributed by atoms with van der Waals surface area (Å²) < 4.78 is 0.816. The van der Waals surface area contributed by atoms with Gasteiger partial charge in [-0.25, -0.2) is 4.98 Å². The van der Waals surface area contributed by atoms with Gasteiger partial charge in [-0.15, -0.1) is 0 Å². The van der Waals surface area contributed by atoms with Crippen molar-refractivity contribution in [3.8, 4) is 0 Å². The van der Waals surface area contributed by atoms with Gasteiger partial charge >= 0.3 is 5.97 Å². The molecular weight excluding hydrogens is 262 g/mol. The van der Waals surface area contributed by atoms with Crippen molar-refractivity contribution in [2.45, 2.75) is 12.8 Å². The Morgan fingerprint density at radius 3 is 3.00 bits per heavy atom. The highest BCUT2D eigenvalue weighted by Gasteiger charge is 2.01. The Kier molecular flexibility index (Phi) is 4.36. The normalized spacial score (nSPS) is 9.93. The number of nitrogens with one attached hydrogen (secondary N) is 1. The zero-order valence-electron chi connectivity index (χ0n) is 8.03. The Bertz CT molecular complexity index is 357. The third-order valence-electron chi connectivity index (χ3n) is 1.74. The Morgan fingerprint density at radius 2 is 2.40 bits per heavy atom. The van der Waals surface area contributed by atoms with E-state index < -0.39 is 5.97 Å². The van der Waals surface area contributed by atoms with E-state index in [0.717, 1.165) is 4.47 Å². The van der Waals surface area contributed by atoms with Gasteiger partial charge in [0.25, 0.3) is 0 Å². The third-order valence-corrected chi connectivity index (χ3v) is 2.18. The molecule has 0 bridgehead atoms. The van der Waals surface area contributed by atoms with Crippen molar-refractivity contribution < 1.29 is 9.90 Å². The van der Waals surface area contributed by atoms with E-state index >= 15 is 0 Å². The molecule has 0 unspecified atom stereocenters. The maximum absolute atomic E-state index is 10.2. The highest BCUT2D eigenvalue weighted by Crippen LogP contribution is 2.19. The molecule has 0 saturated heterocycles. The molecule has 0 atom stereocenters. The lowest BCUT2D eigenvalue weighted by Gasteiger charge is -2.07. The molecule has 0 aliphatic rings. The number of nitrogens with zero attached hydrogens (tertiary/aromatic N) is 1. The number of nitrogens with two attached hydrogens (primary N) is 1. The molecule has 0 fully saturated rings. The first-order valence-electron chi connectivity index (χ1n) is 4.46. The van der Waals surface area contributed by atoms with Crippen LogP contribution in [0.2, 0.25) is 0 Å². The Morgan fingerprint density at radius 1 is 1.67 bits per heavy atom. The van der Waals surface area contributed by atoms with E-state index in [4.69, 9.17) is 10.8 Å². The lowest BCUT2D eigenvalue weighted by molar-refractivity contribution is -0.137. The number of pyridine rings is 1. The van der Waals surface area contributed by atoms with Crippen LogP contribution in [-0.2, 0) is 4.79 Å². The first-order valence-corrected chi connectivity index (χ1v) is 5.25. The molecule has 6 heteroatoms. The minimum absolute atomic E-state index is 0.142. The van der Waals surface area contributed by atoms with Gasteiger partial charge in [-0.3, -0.25) is 4.79 Å². The predicted molar refractivity (Wildman–Crippen MR) is 61.7 cm³/mol. The summed E-state index contributed by atoms with van der Waals surface area (Å²) >= 11 is 3.25. The summed E-state index contributed by atoms with van der Waals surface area (Å²) in [5, 5.41) is 11.4. The summed E-state index contributed by atoms with van der Waals surface area (Å²) in [6, 6.07) is 1.74. The second-order valence-corrected chi connectivity index (χ2v) is 3.93. The van der Waals surface area contributed by atoms with Crippen molar-refractivity contribution in [3.05, 3.63) is 16.7 Å². The first kappa shape index (κ1) is 11.8. The van der Waals surface area contributed by atoms with E-state index in [-0.39, 0.29) is 6.42 Å². The third kappa shape index (κ3) is 4.16. The average Bonchev–Trinajstić information content (AvgIpc) is 2.14. The van der Waals surface area contributed by atoms with E-state index in [2.05, 4.69) is 26.2 Å². The molecule has 15 heavy (non-hydrogen) atoms. The Balaban J connectivity index is 2.40. The minimum atomic E-state index is -0.798. The summed E-state index contributed by atoms with van der Waals surface area (Å²) in [4.78, 5) is 14.3. The molecule has 1 heterocycles. The number of halogens is 1. The molecule has 0 amide bonds. The summed E-state index contributed by atoms with van der Waals surface area (Å²) in [5.74, 6) is -0.211. The fourth-order valence-electron chi connectivity index (χ4n) is 1.05. The van der Waals surface area contributed by atoms with Crippen molar-refractivity contribution >= 4 is 33.4 Å². The zero-order chi connectivity index (χ0) is 11.3. The quantitative estimate of drug-likeness (QED) is 0.711. The number of hydrogen-bond acceptors (Lipinski definition) is 4. The molecule has 1 aromatic rings. The summed E-state index contributed by atoms with van der Waals surface area (Å²) in [5.41, 5.74) is 6.23. The molecule has 0 aliphatic heterocycles. The smallest absolute Gasteiger partial charge is 0.303 e. The molecule has 5 nitrogen and oxygen atoms in total. The van der Waals surface area contributed by atoms with Gasteiger partial charge in [0.05, 0.1) is 5.69 Å². The van der Waals surface area contributed by atoms with Crippen molar-refractivity contribution in [1.29, 1.82) is 0 Å². The number of carboxylic acids is 1. The molecule has 4 N–H and O–H groups in total. The van der Waals surface area contributed by atoms with Gasteiger partial charge in [-0.05, 0) is 28.4 Å². The fourth-order valence-corrected chi connectivity index (χ4v) is 1.40. The van der Waals surface area contributed by atoms with Crippen LogP contribution in [0.3, 0.4) is 0 Å². The van der Waals surface area contributed by atoms with E-state index in [1.807, 2.05) is 0 Å². The fraction of sp³-hybridized carbons (Fsp3) is 0.333. The average molecular weight is 274 g/mol. The van der Waals surface area contributed by atoms with Gasteiger partial charge in [0.1, 0.15) is 5.82 Å². The zero-order valence-corrected chi connectivity index (χ0v) is 9.62. The molecule has 0 spiro atoms. The van der Waals surface area contributed by atoms with Crippen molar-refractivity contribution in [2.24, 2.45) is 0 Å². The predicted octanol–water partition coefficient (Wildman–Crippen LogP) is 1.70. The Hall–Kier alpha value is -1.30. The second kappa shape index (κ2) is 5.55. The van der Waals surface area contributed by atoms with E-state index in [1.165, 1.54) is 0 Å². The molecule has 0 aliphatic carbocycles. The maximum atomic E-state index is 10.2. The van der Waals surface area contributed by atoms with Crippen molar-refractivity contribution in [3.63, 3.8) is 0 Å². The highest BCUT2D eigenvalue weighted by atomic mass is 79.9. The van der Waals surface area contributed by atoms with Crippen LogP contribution in [-0.4, -0.2) is 22.6 Å². The molecule has 0 saturated carbocycles. The summed E-state index contributed by atoms with van der Waals surface area (Å²) in [7, 11) is 0. The minimum Gasteiger partial charge on any atom is -0.481 e. The number of hydrogen-bond donors (Lipinski definition) is 3. The molecule has 1 rings (SSSR count). The number of aliphatic carboxylic acids is 1. The van der Waals surface area contributed by atoms with Gasteiger partial charge in [-0.1, -0.05) is 0 Å².